The van der Waals surface area contributed by atoms with Crippen LogP contribution in [0.1, 0.15) is 23.7 Å². The number of hydrogen-bond donors (Lipinski definition) is 1. The molecule has 0 saturated carbocycles. The molecule has 0 aliphatic heterocycles. The Morgan fingerprint density at radius 2 is 2.43 bits per heavy atom. The molecule has 0 bridgehead atoms. The van der Waals surface area contributed by atoms with Crippen LogP contribution in [0.4, 0.5) is 6.01 Å². The maximum absolute atomic E-state index is 4.97. The summed E-state index contributed by atoms with van der Waals surface area (Å²) >= 11 is 1.70. The molecule has 0 aliphatic carbocycles. The number of hydrogen-bond acceptors (Lipinski definition) is 5. The topological polar surface area (TPSA) is 51.0 Å². The van der Waals surface area contributed by atoms with Gasteiger partial charge < -0.3 is 9.84 Å². The lowest BCUT2D eigenvalue weighted by atomic mass is 10.3. The molecule has 0 fully saturated rings. The summed E-state index contributed by atoms with van der Waals surface area (Å²) in [7, 11) is 0. The fourth-order valence-corrected chi connectivity index (χ4v) is 1.88. The molecule has 5 heteroatoms. The van der Waals surface area contributed by atoms with Crippen molar-refractivity contribution >= 4 is 17.4 Å². The van der Waals surface area contributed by atoms with Crippen molar-refractivity contribution in [2.45, 2.75) is 19.9 Å². The minimum absolute atomic E-state index is 0.204. The lowest BCUT2D eigenvalue weighted by Crippen LogP contribution is -2.04. The van der Waals surface area contributed by atoms with Crippen molar-refractivity contribution in [3.05, 3.63) is 28.2 Å². The third-order valence-electron chi connectivity index (χ3n) is 1.84. The zero-order chi connectivity index (χ0) is 9.97. The summed E-state index contributed by atoms with van der Waals surface area (Å²) in [6.45, 7) is 3.86. The van der Waals surface area contributed by atoms with Crippen molar-refractivity contribution in [3.63, 3.8) is 0 Å². The number of aromatic nitrogens is 2. The lowest BCUT2D eigenvalue weighted by Gasteiger charge is -2.08. The van der Waals surface area contributed by atoms with Crippen LogP contribution in [0.15, 0.2) is 22.0 Å². The summed E-state index contributed by atoms with van der Waals surface area (Å²) in [6, 6.07) is 4.78. The molecular formula is C9H11N3OS. The zero-order valence-corrected chi connectivity index (χ0v) is 8.84. The van der Waals surface area contributed by atoms with Crippen LogP contribution in [0.25, 0.3) is 0 Å². The van der Waals surface area contributed by atoms with Gasteiger partial charge in [-0.05, 0) is 25.3 Å². The van der Waals surface area contributed by atoms with Gasteiger partial charge >= 0.3 is 6.01 Å². The third kappa shape index (κ3) is 1.93. The molecule has 0 amide bonds. The van der Waals surface area contributed by atoms with Crippen LogP contribution in [0.2, 0.25) is 0 Å². The zero-order valence-electron chi connectivity index (χ0n) is 8.02. The molecule has 4 nitrogen and oxygen atoms in total. The van der Waals surface area contributed by atoms with Crippen LogP contribution in [-0.4, -0.2) is 10.1 Å². The Hall–Kier alpha value is -1.36. The Balaban J connectivity index is 2.05. The summed E-state index contributed by atoms with van der Waals surface area (Å²) in [5.41, 5.74) is 0. The predicted octanol–water partition coefficient (Wildman–Crippen LogP) is 2.61. The van der Waals surface area contributed by atoms with Gasteiger partial charge in [0.25, 0.3) is 0 Å². The molecule has 2 heterocycles. The Labute approximate surface area is 86.0 Å². The predicted molar refractivity (Wildman–Crippen MR) is 55.4 cm³/mol. The Morgan fingerprint density at radius 1 is 1.57 bits per heavy atom. The molecule has 0 spiro atoms. The lowest BCUT2D eigenvalue weighted by molar-refractivity contribution is 0.423. The molecule has 0 aliphatic rings. The van der Waals surface area contributed by atoms with E-state index >= 15 is 0 Å². The fourth-order valence-electron chi connectivity index (χ4n) is 1.15. The first-order chi connectivity index (χ1) is 6.75. The van der Waals surface area contributed by atoms with E-state index in [0.717, 1.165) is 0 Å². The van der Waals surface area contributed by atoms with Crippen molar-refractivity contribution in [1.82, 2.24) is 10.1 Å². The first-order valence-corrected chi connectivity index (χ1v) is 5.24. The van der Waals surface area contributed by atoms with E-state index in [4.69, 9.17) is 4.52 Å². The standard InChI is InChI=1S/C9H11N3OS/c1-6(8-4-3-5-14-8)10-9-11-7(2)12-13-9/h3-6H,1-2H3,(H,10,11,12). The first-order valence-electron chi connectivity index (χ1n) is 4.36. The fraction of sp³-hybridized carbons (Fsp3) is 0.333. The Bertz CT molecular complexity index is 396. The molecule has 2 aromatic rings. The van der Waals surface area contributed by atoms with Crippen LogP contribution >= 0.6 is 11.3 Å². The number of anilines is 1. The smallest absolute Gasteiger partial charge is 0.321 e. The van der Waals surface area contributed by atoms with Gasteiger partial charge in [0.1, 0.15) is 0 Å². The second kappa shape index (κ2) is 3.79. The number of rotatable bonds is 3. The minimum Gasteiger partial charge on any atom is -0.330 e. The van der Waals surface area contributed by atoms with Crippen LogP contribution < -0.4 is 5.32 Å². The largest absolute Gasteiger partial charge is 0.330 e. The second-order valence-corrected chi connectivity index (χ2v) is 4.01. The van der Waals surface area contributed by atoms with Crippen molar-refractivity contribution < 1.29 is 4.52 Å². The summed E-state index contributed by atoms with van der Waals surface area (Å²) < 4.78 is 4.97. The molecule has 14 heavy (non-hydrogen) atoms. The van der Waals surface area contributed by atoms with E-state index in [2.05, 4.69) is 28.4 Å². The summed E-state index contributed by atoms with van der Waals surface area (Å²) in [5.74, 6) is 0.644. The molecule has 0 aromatic carbocycles. The van der Waals surface area contributed by atoms with E-state index in [9.17, 15) is 0 Å². The highest BCUT2D eigenvalue weighted by molar-refractivity contribution is 7.10. The van der Waals surface area contributed by atoms with Crippen LogP contribution in [0.5, 0.6) is 0 Å². The molecule has 2 aromatic heterocycles. The van der Waals surface area contributed by atoms with Crippen molar-refractivity contribution in [3.8, 4) is 0 Å². The maximum atomic E-state index is 4.97. The average Bonchev–Trinajstić information content (AvgIpc) is 2.75. The normalized spacial score (nSPS) is 12.7. The van der Waals surface area contributed by atoms with E-state index < -0.39 is 0 Å². The van der Waals surface area contributed by atoms with Gasteiger partial charge in [-0.25, -0.2) is 0 Å². The van der Waals surface area contributed by atoms with Crippen molar-refractivity contribution in [2.75, 3.05) is 5.32 Å². The molecule has 0 saturated heterocycles. The highest BCUT2D eigenvalue weighted by atomic mass is 32.1. The molecule has 2 rings (SSSR count). The molecule has 1 N–H and O–H groups in total. The van der Waals surface area contributed by atoms with Gasteiger partial charge in [-0.2, -0.15) is 4.98 Å². The van der Waals surface area contributed by atoms with Gasteiger partial charge in [0.15, 0.2) is 5.82 Å². The van der Waals surface area contributed by atoms with E-state index in [0.29, 0.717) is 11.8 Å². The molecule has 0 radical (unpaired) electrons. The number of nitrogens with zero attached hydrogens (tertiary/aromatic N) is 2. The van der Waals surface area contributed by atoms with Gasteiger partial charge in [0.05, 0.1) is 6.04 Å². The van der Waals surface area contributed by atoms with E-state index in [-0.39, 0.29) is 6.04 Å². The quantitative estimate of drug-likeness (QED) is 0.844. The molecular weight excluding hydrogens is 198 g/mol. The molecule has 1 unspecified atom stereocenters. The van der Waals surface area contributed by atoms with Crippen LogP contribution in [-0.2, 0) is 0 Å². The summed E-state index contributed by atoms with van der Waals surface area (Å²) in [6.07, 6.45) is 0. The van der Waals surface area contributed by atoms with E-state index in [1.54, 1.807) is 18.3 Å². The molecule has 74 valence electrons. The first kappa shape index (κ1) is 9.21. The third-order valence-corrected chi connectivity index (χ3v) is 2.89. The number of nitrogens with one attached hydrogen (secondary N) is 1. The number of thiophene rings is 1. The summed E-state index contributed by atoms with van der Waals surface area (Å²) in [4.78, 5) is 5.33. The van der Waals surface area contributed by atoms with Gasteiger partial charge in [-0.15, -0.1) is 11.3 Å². The highest BCUT2D eigenvalue weighted by Gasteiger charge is 2.09. The monoisotopic (exact) mass is 209 g/mol. The Kier molecular flexibility index (Phi) is 2.49. The van der Waals surface area contributed by atoms with E-state index in [1.165, 1.54) is 4.88 Å². The van der Waals surface area contributed by atoms with Gasteiger partial charge in [-0.3, -0.25) is 0 Å². The maximum Gasteiger partial charge on any atom is 0.321 e. The number of aryl methyl sites for hydroxylation is 1. The van der Waals surface area contributed by atoms with Crippen molar-refractivity contribution in [1.29, 1.82) is 0 Å². The van der Waals surface area contributed by atoms with Gasteiger partial charge in [-0.1, -0.05) is 11.2 Å². The molecule has 1 atom stereocenters. The van der Waals surface area contributed by atoms with E-state index in [1.807, 2.05) is 11.4 Å². The van der Waals surface area contributed by atoms with Gasteiger partial charge in [0, 0.05) is 4.88 Å². The van der Waals surface area contributed by atoms with Gasteiger partial charge in [0.2, 0.25) is 0 Å². The summed E-state index contributed by atoms with van der Waals surface area (Å²) in [5, 5.41) is 8.89. The second-order valence-electron chi connectivity index (χ2n) is 3.03. The average molecular weight is 209 g/mol. The highest BCUT2D eigenvalue weighted by Crippen LogP contribution is 2.21. The Morgan fingerprint density at radius 3 is 3.00 bits per heavy atom. The van der Waals surface area contributed by atoms with Crippen LogP contribution in [0.3, 0.4) is 0 Å². The SMILES string of the molecule is Cc1noc(NC(C)c2cccs2)n1. The minimum atomic E-state index is 0.204. The van der Waals surface area contributed by atoms with Crippen molar-refractivity contribution in [2.24, 2.45) is 0 Å². The van der Waals surface area contributed by atoms with Crippen LogP contribution in [0, 0.1) is 6.92 Å².